The van der Waals surface area contributed by atoms with Gasteiger partial charge in [-0.2, -0.15) is 0 Å². The number of fused-ring (bicyclic) bond motifs is 5. The van der Waals surface area contributed by atoms with Crippen LogP contribution in [0.5, 0.6) is 0 Å². The van der Waals surface area contributed by atoms with Crippen molar-refractivity contribution in [2.24, 2.45) is 23.7 Å². The number of hydrogen-bond donors (Lipinski definition) is 0. The third-order valence-electron chi connectivity index (χ3n) is 3.94. The van der Waals surface area contributed by atoms with Gasteiger partial charge in [0.25, 0.3) is 0 Å². The van der Waals surface area contributed by atoms with Crippen LogP contribution in [0.2, 0.25) is 0 Å². The van der Waals surface area contributed by atoms with Crippen molar-refractivity contribution in [2.75, 3.05) is 14.2 Å². The summed E-state index contributed by atoms with van der Waals surface area (Å²) in [6, 6.07) is 0. The molecule has 0 unspecified atom stereocenters. The van der Waals surface area contributed by atoms with Gasteiger partial charge in [0.2, 0.25) is 0 Å². The molecule has 1 saturated heterocycles. The second-order valence-electron chi connectivity index (χ2n) is 4.45. The Hall–Kier alpha value is -0.380. The average Bonchev–Trinajstić information content (AvgIpc) is 2.88. The first kappa shape index (κ1) is 8.89. The molecular weight excluding hydrogens is 180 g/mol. The van der Waals surface area contributed by atoms with Crippen LogP contribution in [-0.2, 0) is 14.2 Å². The van der Waals surface area contributed by atoms with E-state index < -0.39 is 0 Å². The number of ether oxygens (including phenoxy) is 3. The lowest BCUT2D eigenvalue weighted by atomic mass is 9.84. The van der Waals surface area contributed by atoms with Gasteiger partial charge in [0.15, 0.2) is 12.6 Å². The van der Waals surface area contributed by atoms with Gasteiger partial charge >= 0.3 is 0 Å². The summed E-state index contributed by atoms with van der Waals surface area (Å²) in [6.07, 6.45) is 5.77. The van der Waals surface area contributed by atoms with Crippen molar-refractivity contribution in [1.82, 2.24) is 0 Å². The first-order valence-corrected chi connectivity index (χ1v) is 5.24. The Balaban J connectivity index is 1.89. The van der Waals surface area contributed by atoms with Crippen LogP contribution in [0.15, 0.2) is 12.2 Å². The van der Waals surface area contributed by atoms with Gasteiger partial charge in [-0.3, -0.25) is 0 Å². The second kappa shape index (κ2) is 3.05. The van der Waals surface area contributed by atoms with Gasteiger partial charge < -0.3 is 14.2 Å². The molecule has 14 heavy (non-hydrogen) atoms. The zero-order valence-electron chi connectivity index (χ0n) is 8.55. The summed E-state index contributed by atoms with van der Waals surface area (Å²) in [4.78, 5) is 0. The number of hydrogen-bond acceptors (Lipinski definition) is 3. The van der Waals surface area contributed by atoms with Crippen LogP contribution >= 0.6 is 0 Å². The van der Waals surface area contributed by atoms with Crippen molar-refractivity contribution in [1.29, 1.82) is 0 Å². The lowest BCUT2D eigenvalue weighted by Gasteiger charge is -2.23. The zero-order chi connectivity index (χ0) is 9.71. The third kappa shape index (κ3) is 0.977. The molecule has 3 nitrogen and oxygen atoms in total. The van der Waals surface area contributed by atoms with E-state index >= 15 is 0 Å². The van der Waals surface area contributed by atoms with Gasteiger partial charge in [0.05, 0.1) is 0 Å². The number of allylic oxidation sites excluding steroid dienone is 2. The van der Waals surface area contributed by atoms with Crippen LogP contribution in [0, 0.1) is 23.7 Å². The molecule has 3 rings (SSSR count). The fourth-order valence-corrected chi connectivity index (χ4v) is 3.40. The van der Waals surface area contributed by atoms with Crippen molar-refractivity contribution < 1.29 is 14.2 Å². The fraction of sp³-hybridized carbons (Fsp3) is 0.818. The summed E-state index contributed by atoms with van der Waals surface area (Å²) in [5, 5.41) is 0. The molecule has 2 bridgehead atoms. The van der Waals surface area contributed by atoms with Gasteiger partial charge in [-0.25, -0.2) is 0 Å². The Labute approximate surface area is 84.0 Å². The maximum absolute atomic E-state index is 5.72. The predicted molar refractivity (Wildman–Crippen MR) is 50.4 cm³/mol. The predicted octanol–water partition coefficient (Wildman–Crippen LogP) is 1.40. The first-order chi connectivity index (χ1) is 6.85. The van der Waals surface area contributed by atoms with Crippen molar-refractivity contribution >= 4 is 0 Å². The first-order valence-electron chi connectivity index (χ1n) is 5.24. The van der Waals surface area contributed by atoms with Crippen molar-refractivity contribution in [3.8, 4) is 0 Å². The SMILES string of the molecule is CO[C@@H]1O[C@@H](OC)[C@H]2[C@@H]1[C@H]1C=C[C@H]2C1. The van der Waals surface area contributed by atoms with Gasteiger partial charge in [-0.15, -0.1) is 0 Å². The molecule has 2 aliphatic carbocycles. The Morgan fingerprint density at radius 1 is 1.00 bits per heavy atom. The summed E-state index contributed by atoms with van der Waals surface area (Å²) < 4.78 is 16.5. The van der Waals surface area contributed by atoms with E-state index in [2.05, 4.69) is 12.2 Å². The molecule has 3 heteroatoms. The van der Waals surface area contributed by atoms with E-state index in [1.807, 2.05) is 0 Å². The molecule has 1 saturated carbocycles. The normalized spacial score (nSPS) is 54.1. The molecule has 0 radical (unpaired) electrons. The lowest BCUT2D eigenvalue weighted by Crippen LogP contribution is -2.27. The molecule has 0 N–H and O–H groups in total. The number of rotatable bonds is 2. The summed E-state index contributed by atoms with van der Waals surface area (Å²) >= 11 is 0. The van der Waals surface area contributed by atoms with E-state index in [9.17, 15) is 0 Å². The Morgan fingerprint density at radius 2 is 1.50 bits per heavy atom. The fourth-order valence-electron chi connectivity index (χ4n) is 3.40. The zero-order valence-corrected chi connectivity index (χ0v) is 8.55. The van der Waals surface area contributed by atoms with E-state index in [-0.39, 0.29) is 12.6 Å². The van der Waals surface area contributed by atoms with Crippen LogP contribution in [0.3, 0.4) is 0 Å². The van der Waals surface area contributed by atoms with Crippen LogP contribution in [-0.4, -0.2) is 26.8 Å². The largest absolute Gasteiger partial charge is 0.355 e. The van der Waals surface area contributed by atoms with Crippen molar-refractivity contribution in [3.05, 3.63) is 12.2 Å². The van der Waals surface area contributed by atoms with Gasteiger partial charge in [0, 0.05) is 26.1 Å². The molecule has 1 heterocycles. The smallest absolute Gasteiger partial charge is 0.164 e. The highest BCUT2D eigenvalue weighted by Gasteiger charge is 2.57. The minimum atomic E-state index is -0.0649. The van der Waals surface area contributed by atoms with Gasteiger partial charge in [-0.1, -0.05) is 12.2 Å². The molecule has 0 aromatic carbocycles. The van der Waals surface area contributed by atoms with Crippen molar-refractivity contribution in [3.63, 3.8) is 0 Å². The van der Waals surface area contributed by atoms with Crippen LogP contribution in [0.1, 0.15) is 6.42 Å². The summed E-state index contributed by atoms with van der Waals surface area (Å²) in [6.45, 7) is 0. The maximum atomic E-state index is 5.72. The summed E-state index contributed by atoms with van der Waals surface area (Å²) in [5.41, 5.74) is 0. The third-order valence-corrected chi connectivity index (χ3v) is 3.94. The quantitative estimate of drug-likeness (QED) is 0.625. The molecule has 78 valence electrons. The molecule has 0 aromatic heterocycles. The molecule has 0 spiro atoms. The average molecular weight is 196 g/mol. The Morgan fingerprint density at radius 3 is 1.93 bits per heavy atom. The van der Waals surface area contributed by atoms with Crippen LogP contribution < -0.4 is 0 Å². The van der Waals surface area contributed by atoms with Crippen LogP contribution in [0.25, 0.3) is 0 Å². The summed E-state index contributed by atoms with van der Waals surface area (Å²) in [5.74, 6) is 2.32. The van der Waals surface area contributed by atoms with E-state index in [0.717, 1.165) is 0 Å². The van der Waals surface area contributed by atoms with Gasteiger partial charge in [-0.05, 0) is 18.3 Å². The minimum Gasteiger partial charge on any atom is -0.355 e. The molecule has 3 aliphatic rings. The van der Waals surface area contributed by atoms with Gasteiger partial charge in [0.1, 0.15) is 0 Å². The van der Waals surface area contributed by atoms with Crippen LogP contribution in [0.4, 0.5) is 0 Å². The lowest BCUT2D eigenvalue weighted by molar-refractivity contribution is -0.202. The summed E-state index contributed by atoms with van der Waals surface area (Å²) in [7, 11) is 3.44. The molecule has 2 fully saturated rings. The highest BCUT2D eigenvalue weighted by Crippen LogP contribution is 2.55. The standard InChI is InChI=1S/C11H16O3/c1-12-10-8-6-3-4-7(5-6)9(8)11(13-2)14-10/h3-4,6-11H,5H2,1-2H3/t6-,7-,8-,9+,10+,11+/m0/s1. The van der Waals surface area contributed by atoms with E-state index in [0.29, 0.717) is 23.7 Å². The van der Waals surface area contributed by atoms with E-state index in [1.165, 1.54) is 6.42 Å². The van der Waals surface area contributed by atoms with E-state index in [4.69, 9.17) is 14.2 Å². The van der Waals surface area contributed by atoms with E-state index in [1.54, 1.807) is 14.2 Å². The Bertz CT molecular complexity index is 239. The van der Waals surface area contributed by atoms with Crippen molar-refractivity contribution in [2.45, 2.75) is 19.0 Å². The molecule has 1 aliphatic heterocycles. The molecule has 6 atom stereocenters. The maximum Gasteiger partial charge on any atom is 0.164 e. The highest BCUT2D eigenvalue weighted by atomic mass is 16.8. The Kier molecular flexibility index (Phi) is 1.94. The number of methoxy groups -OCH3 is 2. The molecular formula is C11H16O3. The topological polar surface area (TPSA) is 27.7 Å². The second-order valence-corrected chi connectivity index (χ2v) is 4.45. The highest BCUT2D eigenvalue weighted by molar-refractivity contribution is 5.16. The molecule has 0 amide bonds. The monoisotopic (exact) mass is 196 g/mol. The molecule has 0 aromatic rings. The minimum absolute atomic E-state index is 0.0649.